The molecule has 2 amide bonds. The summed E-state index contributed by atoms with van der Waals surface area (Å²) < 4.78 is 0. The number of amides is 2. The third kappa shape index (κ3) is 3.39. The predicted octanol–water partition coefficient (Wildman–Crippen LogP) is 8.03. The first-order chi connectivity index (χ1) is 23.1. The second kappa shape index (κ2) is 10.1. The number of nitrogens with zero attached hydrogens (tertiary/aromatic N) is 1. The highest BCUT2D eigenvalue weighted by Crippen LogP contribution is 2.74. The fourth-order valence-corrected chi connectivity index (χ4v) is 8.97. The second-order valence-electron chi connectivity index (χ2n) is 12.6. The van der Waals surface area contributed by atoms with Crippen LogP contribution in [0.4, 0.5) is 5.69 Å². The van der Waals surface area contributed by atoms with Gasteiger partial charge >= 0.3 is 0 Å². The maximum atomic E-state index is 16.0. The molecule has 0 spiro atoms. The van der Waals surface area contributed by atoms with Crippen LogP contribution in [0.25, 0.3) is 21.9 Å². The Labute approximate surface area is 272 Å². The van der Waals surface area contributed by atoms with Crippen LogP contribution in [0.5, 0.6) is 0 Å². The highest BCUT2D eigenvalue weighted by atomic mass is 16.2. The molecule has 0 aromatic heterocycles. The van der Waals surface area contributed by atoms with Crippen molar-refractivity contribution < 1.29 is 14.4 Å². The van der Waals surface area contributed by atoms with Crippen LogP contribution in [0, 0.1) is 11.8 Å². The summed E-state index contributed by atoms with van der Waals surface area (Å²) in [5.74, 6) is -2.70. The quantitative estimate of drug-likeness (QED) is 0.187. The van der Waals surface area contributed by atoms with Gasteiger partial charge in [0.05, 0.1) is 28.4 Å². The van der Waals surface area contributed by atoms with Gasteiger partial charge in [0, 0.05) is 5.39 Å². The Bertz CT molecular complexity index is 2140. The lowest BCUT2D eigenvalue weighted by Gasteiger charge is -2.39. The van der Waals surface area contributed by atoms with E-state index >= 15 is 14.4 Å². The fraction of sp³-hybridized carbons (Fsp3) is 0.0930. The lowest BCUT2D eigenvalue weighted by atomic mass is 9.59. The Morgan fingerprint density at radius 2 is 0.830 bits per heavy atom. The Morgan fingerprint density at radius 3 is 1.32 bits per heavy atom. The SMILES string of the molecule is O=C1[C@@H]2[C@@H](C(=O)N1c1cccc3ccccc13)[C@@]1(c3ccccc3)C(=O)[C@@]2(c2ccccc2)C(c2ccccc2)=C1c1ccccc1. The first kappa shape index (κ1) is 27.4. The van der Waals surface area contributed by atoms with Crippen LogP contribution in [-0.4, -0.2) is 17.6 Å². The van der Waals surface area contributed by atoms with E-state index in [1.165, 1.54) is 4.90 Å². The molecule has 2 bridgehead atoms. The number of benzene rings is 6. The van der Waals surface area contributed by atoms with Gasteiger partial charge in [0.1, 0.15) is 0 Å². The molecule has 2 aliphatic carbocycles. The number of fused-ring (bicyclic) bond motifs is 6. The van der Waals surface area contributed by atoms with E-state index in [4.69, 9.17) is 0 Å². The summed E-state index contributed by atoms with van der Waals surface area (Å²) >= 11 is 0. The molecule has 4 nitrogen and oxygen atoms in total. The van der Waals surface area contributed by atoms with Crippen molar-refractivity contribution in [1.29, 1.82) is 0 Å². The first-order valence-corrected chi connectivity index (χ1v) is 16.0. The number of hydrogen-bond donors (Lipinski definition) is 0. The number of rotatable bonds is 5. The van der Waals surface area contributed by atoms with E-state index in [-0.39, 0.29) is 17.6 Å². The van der Waals surface area contributed by atoms with Crippen LogP contribution in [0.15, 0.2) is 164 Å². The minimum atomic E-state index is -1.42. The monoisotopic (exact) mass is 607 g/mol. The fourth-order valence-electron chi connectivity index (χ4n) is 8.97. The first-order valence-electron chi connectivity index (χ1n) is 16.0. The lowest BCUT2D eigenvalue weighted by molar-refractivity contribution is -0.130. The van der Waals surface area contributed by atoms with Crippen LogP contribution in [0.3, 0.4) is 0 Å². The molecule has 1 saturated carbocycles. The van der Waals surface area contributed by atoms with Crippen molar-refractivity contribution in [2.45, 2.75) is 10.8 Å². The van der Waals surface area contributed by atoms with Crippen molar-refractivity contribution in [3.63, 3.8) is 0 Å². The summed E-state index contributed by atoms with van der Waals surface area (Å²) in [5.41, 5.74) is 2.49. The Hall–Kier alpha value is -5.87. The number of hydrogen-bond acceptors (Lipinski definition) is 3. The molecule has 6 aromatic rings. The van der Waals surface area contributed by atoms with E-state index < -0.39 is 22.7 Å². The molecular weight excluding hydrogens is 578 g/mol. The molecule has 1 heterocycles. The van der Waals surface area contributed by atoms with Crippen molar-refractivity contribution in [1.82, 2.24) is 0 Å². The molecule has 6 aromatic carbocycles. The summed E-state index contributed by atoms with van der Waals surface area (Å²) in [7, 11) is 0. The van der Waals surface area contributed by atoms with Crippen LogP contribution in [-0.2, 0) is 25.2 Å². The third-order valence-corrected chi connectivity index (χ3v) is 10.6. The smallest absolute Gasteiger partial charge is 0.239 e. The largest absolute Gasteiger partial charge is 0.297 e. The van der Waals surface area contributed by atoms with Gasteiger partial charge in [0.2, 0.25) is 11.8 Å². The molecule has 4 atom stereocenters. The summed E-state index contributed by atoms with van der Waals surface area (Å²) in [5, 5.41) is 1.75. The zero-order valence-electron chi connectivity index (χ0n) is 25.4. The zero-order valence-corrected chi connectivity index (χ0v) is 25.4. The molecule has 0 N–H and O–H groups in total. The average Bonchev–Trinajstić information content (AvgIpc) is 3.65. The number of carbonyl (C=O) groups is 3. The van der Waals surface area contributed by atoms with E-state index in [0.29, 0.717) is 5.69 Å². The molecule has 47 heavy (non-hydrogen) atoms. The lowest BCUT2D eigenvalue weighted by Crippen LogP contribution is -2.45. The summed E-state index contributed by atoms with van der Waals surface area (Å²) in [6, 6.07) is 52.7. The van der Waals surface area contributed by atoms with E-state index in [0.717, 1.165) is 44.2 Å². The van der Waals surface area contributed by atoms with E-state index in [1.54, 1.807) is 0 Å². The van der Waals surface area contributed by atoms with Crippen LogP contribution < -0.4 is 4.90 Å². The van der Waals surface area contributed by atoms with Gasteiger partial charge < -0.3 is 0 Å². The normalized spacial score (nSPS) is 24.8. The Balaban J connectivity index is 1.45. The molecule has 1 saturated heterocycles. The zero-order chi connectivity index (χ0) is 31.8. The van der Waals surface area contributed by atoms with Gasteiger partial charge in [0.25, 0.3) is 0 Å². The third-order valence-electron chi connectivity index (χ3n) is 10.6. The maximum Gasteiger partial charge on any atom is 0.239 e. The van der Waals surface area contributed by atoms with Gasteiger partial charge in [-0.05, 0) is 44.9 Å². The van der Waals surface area contributed by atoms with Crippen molar-refractivity contribution in [2.24, 2.45) is 11.8 Å². The van der Waals surface area contributed by atoms with E-state index in [1.807, 2.05) is 164 Å². The summed E-state index contributed by atoms with van der Waals surface area (Å²) in [6.07, 6.45) is 0. The molecule has 3 aliphatic rings. The van der Waals surface area contributed by atoms with Gasteiger partial charge in [-0.3, -0.25) is 14.4 Å². The second-order valence-corrected chi connectivity index (χ2v) is 12.6. The number of carbonyl (C=O) groups excluding carboxylic acids is 3. The molecule has 1 aliphatic heterocycles. The maximum absolute atomic E-state index is 16.0. The van der Waals surface area contributed by atoms with Gasteiger partial charge in [-0.25, -0.2) is 4.90 Å². The number of imide groups is 1. The minimum Gasteiger partial charge on any atom is -0.297 e. The van der Waals surface area contributed by atoms with Gasteiger partial charge in [0.15, 0.2) is 5.78 Å². The van der Waals surface area contributed by atoms with Gasteiger partial charge in [-0.2, -0.15) is 0 Å². The number of ketones is 1. The topological polar surface area (TPSA) is 54.5 Å². The predicted molar refractivity (Wildman–Crippen MR) is 184 cm³/mol. The van der Waals surface area contributed by atoms with Gasteiger partial charge in [-0.1, -0.05) is 158 Å². The molecule has 0 radical (unpaired) electrons. The highest BCUT2D eigenvalue weighted by molar-refractivity contribution is 6.39. The minimum absolute atomic E-state index is 0.116. The Kier molecular flexibility index (Phi) is 5.88. The average molecular weight is 608 g/mol. The molecule has 9 rings (SSSR count). The number of Topliss-reactive ketones (excluding diaryl/α,β-unsaturated/α-hetero) is 1. The summed E-state index contributed by atoms with van der Waals surface area (Å²) in [4.78, 5) is 47.9. The molecular formula is C43H29NO3. The van der Waals surface area contributed by atoms with Crippen LogP contribution in [0.2, 0.25) is 0 Å². The van der Waals surface area contributed by atoms with Gasteiger partial charge in [-0.15, -0.1) is 0 Å². The van der Waals surface area contributed by atoms with Crippen molar-refractivity contribution in [3.05, 3.63) is 186 Å². The number of anilines is 1. The highest BCUT2D eigenvalue weighted by Gasteiger charge is 2.82. The number of allylic oxidation sites excluding steroid dienone is 2. The van der Waals surface area contributed by atoms with Crippen molar-refractivity contribution >= 4 is 45.2 Å². The van der Waals surface area contributed by atoms with Crippen LogP contribution in [0.1, 0.15) is 22.3 Å². The molecule has 2 fully saturated rings. The summed E-state index contributed by atoms with van der Waals surface area (Å²) in [6.45, 7) is 0. The Morgan fingerprint density at radius 1 is 0.426 bits per heavy atom. The van der Waals surface area contributed by atoms with E-state index in [2.05, 4.69) is 0 Å². The molecule has 0 unspecified atom stereocenters. The van der Waals surface area contributed by atoms with Crippen molar-refractivity contribution in [3.8, 4) is 0 Å². The standard InChI is InChI=1S/C43H29NO3/c45-39-37-38(40(46)44(39)34-27-15-21-28-16-13-14-26-33(28)34)43(32-24-11-4-12-25-32)36(30-19-7-2-8-20-30)35(29-17-5-1-6-18-29)42(37,41(43)47)31-22-9-3-10-23-31/h1-27,37-38H/t37-,38-,42-,43-/m0/s1. The van der Waals surface area contributed by atoms with E-state index in [9.17, 15) is 0 Å². The molecule has 224 valence electrons. The van der Waals surface area contributed by atoms with Crippen LogP contribution >= 0.6 is 0 Å². The molecule has 4 heteroatoms. The van der Waals surface area contributed by atoms with Crippen molar-refractivity contribution in [2.75, 3.05) is 4.90 Å².